The Labute approximate surface area is 145 Å². The van der Waals surface area contributed by atoms with Crippen LogP contribution in [0, 0.1) is 27.7 Å². The number of hydrogen-bond acceptors (Lipinski definition) is 3. The van der Waals surface area contributed by atoms with Crippen molar-refractivity contribution in [3.8, 4) is 0 Å². The van der Waals surface area contributed by atoms with E-state index in [0.29, 0.717) is 26.0 Å². The molecule has 1 aliphatic heterocycles. The maximum Gasteiger partial charge on any atom is 0.328 e. The second kappa shape index (κ2) is 7.82. The molecule has 1 fully saturated rings. The summed E-state index contributed by atoms with van der Waals surface area (Å²) >= 11 is 0. The Kier molecular flexibility index (Phi) is 6.03. The number of rotatable bonds is 4. The summed E-state index contributed by atoms with van der Waals surface area (Å²) in [6.07, 6.45) is 2.97. The summed E-state index contributed by atoms with van der Waals surface area (Å²) in [5, 5.41) is 0. The molecular formula is C20H29NO3. The van der Waals surface area contributed by atoms with Crippen LogP contribution in [-0.4, -0.2) is 36.0 Å². The molecule has 2 rings (SSSR count). The highest BCUT2D eigenvalue weighted by Gasteiger charge is 2.33. The fourth-order valence-corrected chi connectivity index (χ4v) is 3.46. The van der Waals surface area contributed by atoms with Gasteiger partial charge in [0.2, 0.25) is 5.91 Å². The van der Waals surface area contributed by atoms with Crippen molar-refractivity contribution in [2.24, 2.45) is 0 Å². The van der Waals surface area contributed by atoms with E-state index in [4.69, 9.17) is 4.74 Å². The molecule has 1 aromatic carbocycles. The molecule has 4 heteroatoms. The van der Waals surface area contributed by atoms with Gasteiger partial charge in [0.25, 0.3) is 0 Å². The van der Waals surface area contributed by atoms with Crippen molar-refractivity contribution in [1.29, 1.82) is 0 Å². The van der Waals surface area contributed by atoms with Crippen LogP contribution < -0.4 is 0 Å². The van der Waals surface area contributed by atoms with Crippen molar-refractivity contribution < 1.29 is 14.3 Å². The lowest BCUT2D eigenvalue weighted by Gasteiger charge is -2.34. The van der Waals surface area contributed by atoms with E-state index in [0.717, 1.165) is 18.4 Å². The number of aryl methyl sites for hydroxylation is 1. The van der Waals surface area contributed by atoms with Gasteiger partial charge in [-0.1, -0.05) is 6.07 Å². The molecule has 1 unspecified atom stereocenters. The Bertz CT molecular complexity index is 636. The number of piperidine rings is 1. The van der Waals surface area contributed by atoms with Gasteiger partial charge < -0.3 is 9.64 Å². The molecule has 1 saturated heterocycles. The van der Waals surface area contributed by atoms with Gasteiger partial charge in [0.15, 0.2) is 0 Å². The average Bonchev–Trinajstić information content (AvgIpc) is 2.58. The number of likely N-dealkylation sites (tertiary alicyclic amines) is 1. The largest absolute Gasteiger partial charge is 0.464 e. The van der Waals surface area contributed by atoms with Crippen LogP contribution in [0.3, 0.4) is 0 Å². The summed E-state index contributed by atoms with van der Waals surface area (Å²) in [6, 6.07) is 1.69. The van der Waals surface area contributed by atoms with Gasteiger partial charge in [0, 0.05) is 6.54 Å². The molecule has 1 amide bonds. The van der Waals surface area contributed by atoms with E-state index < -0.39 is 6.04 Å². The lowest BCUT2D eigenvalue weighted by molar-refractivity contribution is -0.156. The second-order valence-electron chi connectivity index (χ2n) is 6.76. The minimum Gasteiger partial charge on any atom is -0.464 e. The molecule has 0 N–H and O–H groups in total. The van der Waals surface area contributed by atoms with E-state index >= 15 is 0 Å². The molecule has 1 atom stereocenters. The highest BCUT2D eigenvalue weighted by molar-refractivity contribution is 5.86. The van der Waals surface area contributed by atoms with Crippen LogP contribution in [0.2, 0.25) is 0 Å². The van der Waals surface area contributed by atoms with Crippen molar-refractivity contribution in [3.05, 3.63) is 33.9 Å². The van der Waals surface area contributed by atoms with E-state index in [2.05, 4.69) is 33.8 Å². The zero-order valence-corrected chi connectivity index (χ0v) is 15.6. The predicted molar refractivity (Wildman–Crippen MR) is 95.1 cm³/mol. The number of hydrogen-bond donors (Lipinski definition) is 0. The first-order chi connectivity index (χ1) is 11.4. The summed E-state index contributed by atoms with van der Waals surface area (Å²) in [5.74, 6) is -0.239. The van der Waals surface area contributed by atoms with E-state index in [1.54, 1.807) is 11.8 Å². The number of esters is 1. The second-order valence-corrected chi connectivity index (χ2v) is 6.76. The van der Waals surface area contributed by atoms with Crippen LogP contribution in [0.4, 0.5) is 0 Å². The van der Waals surface area contributed by atoms with Crippen molar-refractivity contribution in [2.45, 2.75) is 66.3 Å². The van der Waals surface area contributed by atoms with Crippen LogP contribution in [0.15, 0.2) is 6.07 Å². The third-order valence-corrected chi connectivity index (χ3v) is 5.31. The minimum absolute atomic E-state index is 0.0264. The summed E-state index contributed by atoms with van der Waals surface area (Å²) < 4.78 is 5.16. The highest BCUT2D eigenvalue weighted by atomic mass is 16.5. The molecule has 4 nitrogen and oxygen atoms in total. The third kappa shape index (κ3) is 3.80. The molecule has 0 radical (unpaired) electrons. The molecule has 24 heavy (non-hydrogen) atoms. The van der Waals surface area contributed by atoms with Crippen molar-refractivity contribution >= 4 is 11.9 Å². The average molecular weight is 331 g/mol. The van der Waals surface area contributed by atoms with Gasteiger partial charge in [-0.05, 0) is 81.7 Å². The Morgan fingerprint density at radius 2 is 1.83 bits per heavy atom. The van der Waals surface area contributed by atoms with Crippen LogP contribution >= 0.6 is 0 Å². The quantitative estimate of drug-likeness (QED) is 0.794. The molecule has 1 aliphatic rings. The van der Waals surface area contributed by atoms with Crippen LogP contribution in [-0.2, 0) is 20.7 Å². The summed E-state index contributed by atoms with van der Waals surface area (Å²) in [6.45, 7) is 11.2. The van der Waals surface area contributed by atoms with E-state index in [-0.39, 0.29) is 11.9 Å². The van der Waals surface area contributed by atoms with Gasteiger partial charge in [0.1, 0.15) is 6.04 Å². The number of carbonyl (C=O) groups excluding carboxylic acids is 2. The number of amides is 1. The molecule has 0 saturated carbocycles. The third-order valence-electron chi connectivity index (χ3n) is 5.31. The normalized spacial score (nSPS) is 17.7. The first-order valence-electron chi connectivity index (χ1n) is 8.89. The smallest absolute Gasteiger partial charge is 0.328 e. The van der Waals surface area contributed by atoms with E-state index in [1.807, 2.05) is 0 Å². The zero-order valence-electron chi connectivity index (χ0n) is 15.6. The Balaban J connectivity index is 2.20. The maximum absolute atomic E-state index is 12.9. The van der Waals surface area contributed by atoms with Gasteiger partial charge in [-0.2, -0.15) is 0 Å². The number of ether oxygens (including phenoxy) is 1. The van der Waals surface area contributed by atoms with Gasteiger partial charge in [0.05, 0.1) is 13.0 Å². The molecule has 0 bridgehead atoms. The fourth-order valence-electron chi connectivity index (χ4n) is 3.46. The summed E-state index contributed by atoms with van der Waals surface area (Å²) in [4.78, 5) is 26.8. The molecular weight excluding hydrogens is 302 g/mol. The first kappa shape index (κ1) is 18.5. The molecule has 1 heterocycles. The first-order valence-corrected chi connectivity index (χ1v) is 8.89. The molecule has 0 aromatic heterocycles. The van der Waals surface area contributed by atoms with Crippen LogP contribution in [0.5, 0.6) is 0 Å². The Morgan fingerprint density at radius 3 is 2.50 bits per heavy atom. The van der Waals surface area contributed by atoms with Crippen LogP contribution in [0.25, 0.3) is 0 Å². The Morgan fingerprint density at radius 1 is 1.12 bits per heavy atom. The number of nitrogens with zero attached hydrogens (tertiary/aromatic N) is 1. The molecule has 0 spiro atoms. The summed E-state index contributed by atoms with van der Waals surface area (Å²) in [7, 11) is 0. The zero-order chi connectivity index (χ0) is 17.9. The highest BCUT2D eigenvalue weighted by Crippen LogP contribution is 2.24. The van der Waals surface area contributed by atoms with Crippen LogP contribution in [0.1, 0.15) is 54.0 Å². The fraction of sp³-hybridized carbons (Fsp3) is 0.600. The lowest BCUT2D eigenvalue weighted by atomic mass is 9.92. The van der Waals surface area contributed by atoms with Crippen molar-refractivity contribution in [1.82, 2.24) is 4.90 Å². The number of carbonyl (C=O) groups is 2. The Hall–Kier alpha value is -1.84. The molecule has 1 aromatic rings. The lowest BCUT2D eigenvalue weighted by Crippen LogP contribution is -2.49. The van der Waals surface area contributed by atoms with Gasteiger partial charge >= 0.3 is 5.97 Å². The van der Waals surface area contributed by atoms with Crippen molar-refractivity contribution in [3.63, 3.8) is 0 Å². The van der Waals surface area contributed by atoms with Gasteiger partial charge in [-0.3, -0.25) is 4.79 Å². The molecule has 0 aliphatic carbocycles. The topological polar surface area (TPSA) is 46.6 Å². The maximum atomic E-state index is 12.9. The monoisotopic (exact) mass is 331 g/mol. The summed E-state index contributed by atoms with van der Waals surface area (Å²) in [5.41, 5.74) is 5.98. The predicted octanol–water partition coefficient (Wildman–Crippen LogP) is 3.41. The van der Waals surface area contributed by atoms with Gasteiger partial charge in [-0.25, -0.2) is 4.79 Å². The standard InChI is InChI=1S/C20H29NO3/c1-6-24-20(23)18-9-7-8-10-21(18)19(22)12-17-11-13(2)14(3)15(4)16(17)5/h11,18H,6-10,12H2,1-5H3. The minimum atomic E-state index is -0.417. The SMILES string of the molecule is CCOC(=O)C1CCCCN1C(=O)Cc1cc(C)c(C)c(C)c1C. The van der Waals surface area contributed by atoms with Crippen molar-refractivity contribution in [2.75, 3.05) is 13.2 Å². The van der Waals surface area contributed by atoms with Gasteiger partial charge in [-0.15, -0.1) is 0 Å². The van der Waals surface area contributed by atoms with E-state index in [9.17, 15) is 9.59 Å². The van der Waals surface area contributed by atoms with E-state index in [1.165, 1.54) is 22.3 Å². The molecule has 132 valence electrons. The number of benzene rings is 1.